The average molecular weight is 214 g/mol. The number of hydrogen-bond donors (Lipinski definition) is 1. The first-order valence-corrected chi connectivity index (χ1v) is 6.36. The van der Waals surface area contributed by atoms with Crippen LogP contribution in [0.15, 0.2) is 18.3 Å². The summed E-state index contributed by atoms with van der Waals surface area (Å²) < 4.78 is 13.2. The molecule has 0 bridgehead atoms. The van der Waals surface area contributed by atoms with E-state index in [-0.39, 0.29) is 5.25 Å². The van der Waals surface area contributed by atoms with Gasteiger partial charge >= 0.3 is 0 Å². The normalized spacial score (nSPS) is 15.4. The van der Waals surface area contributed by atoms with E-state index in [0.29, 0.717) is 0 Å². The van der Waals surface area contributed by atoms with Crippen LogP contribution in [-0.2, 0) is 24.4 Å². The predicted molar refractivity (Wildman–Crippen MR) is 60.6 cm³/mol. The summed E-state index contributed by atoms with van der Waals surface area (Å²) in [4.78, 5) is 0. The number of rotatable bonds is 5. The van der Waals surface area contributed by atoms with Gasteiger partial charge in [0, 0.05) is 54.3 Å². The van der Waals surface area contributed by atoms with E-state index >= 15 is 0 Å². The van der Waals surface area contributed by atoms with Crippen molar-refractivity contribution < 1.29 is 4.21 Å². The van der Waals surface area contributed by atoms with Crippen molar-refractivity contribution in [2.75, 3.05) is 12.8 Å². The van der Waals surface area contributed by atoms with Crippen LogP contribution in [0, 0.1) is 0 Å². The summed E-state index contributed by atoms with van der Waals surface area (Å²) in [6.45, 7) is 3.63. The standard InChI is InChI=1S/C10H18N2OS/c1-9(14(3)13)7-11-8-10-5-4-6-12(10)2/h4-6,9,11H,7-8H2,1-3H3. The van der Waals surface area contributed by atoms with Crippen molar-refractivity contribution >= 4 is 10.8 Å². The van der Waals surface area contributed by atoms with Crippen LogP contribution in [0.1, 0.15) is 12.6 Å². The molecule has 2 atom stereocenters. The maximum Gasteiger partial charge on any atom is 0.0441 e. The summed E-state index contributed by atoms with van der Waals surface area (Å²) in [5, 5.41) is 3.51. The quantitative estimate of drug-likeness (QED) is 0.789. The van der Waals surface area contributed by atoms with Crippen molar-refractivity contribution in [2.45, 2.75) is 18.7 Å². The molecule has 0 aliphatic heterocycles. The van der Waals surface area contributed by atoms with E-state index in [0.717, 1.165) is 13.1 Å². The zero-order valence-electron chi connectivity index (χ0n) is 8.99. The Hall–Kier alpha value is -0.610. The fourth-order valence-electron chi connectivity index (χ4n) is 1.20. The fraction of sp³-hybridized carbons (Fsp3) is 0.600. The van der Waals surface area contributed by atoms with Crippen LogP contribution in [0.25, 0.3) is 0 Å². The first-order chi connectivity index (χ1) is 6.61. The molecule has 0 aliphatic rings. The second-order valence-corrected chi connectivity index (χ2v) is 5.35. The van der Waals surface area contributed by atoms with Crippen LogP contribution in [0.5, 0.6) is 0 Å². The lowest BCUT2D eigenvalue weighted by atomic mass is 10.4. The Morgan fingerprint density at radius 3 is 2.86 bits per heavy atom. The highest BCUT2D eigenvalue weighted by atomic mass is 32.2. The Bertz CT molecular complexity index is 309. The molecule has 4 heteroatoms. The molecule has 2 unspecified atom stereocenters. The molecule has 0 fully saturated rings. The molecule has 0 aromatic carbocycles. The largest absolute Gasteiger partial charge is 0.353 e. The molecule has 1 N–H and O–H groups in total. The molecule has 0 amide bonds. The monoisotopic (exact) mass is 214 g/mol. The van der Waals surface area contributed by atoms with Gasteiger partial charge in [0.1, 0.15) is 0 Å². The molecule has 1 aromatic rings. The molecule has 0 spiro atoms. The molecule has 1 aromatic heterocycles. The highest BCUT2D eigenvalue weighted by Gasteiger charge is 2.05. The minimum absolute atomic E-state index is 0.218. The maximum atomic E-state index is 11.1. The van der Waals surface area contributed by atoms with Crippen molar-refractivity contribution in [3.8, 4) is 0 Å². The third-order valence-corrected chi connectivity index (χ3v) is 3.66. The van der Waals surface area contributed by atoms with Crippen molar-refractivity contribution in [1.82, 2.24) is 9.88 Å². The van der Waals surface area contributed by atoms with Crippen LogP contribution in [0.4, 0.5) is 0 Å². The van der Waals surface area contributed by atoms with Gasteiger partial charge in [-0.3, -0.25) is 4.21 Å². The third kappa shape index (κ3) is 3.27. The van der Waals surface area contributed by atoms with Crippen molar-refractivity contribution in [3.05, 3.63) is 24.0 Å². The Kier molecular flexibility index (Phi) is 4.35. The SMILES string of the molecule is CC(CNCc1cccn1C)S(C)=O. The van der Waals surface area contributed by atoms with Crippen LogP contribution in [0.3, 0.4) is 0 Å². The van der Waals surface area contributed by atoms with Gasteiger partial charge in [-0.25, -0.2) is 0 Å². The molecule has 0 radical (unpaired) electrons. The zero-order valence-corrected chi connectivity index (χ0v) is 9.80. The summed E-state index contributed by atoms with van der Waals surface area (Å²) in [6.07, 6.45) is 3.77. The number of hydrogen-bond acceptors (Lipinski definition) is 2. The van der Waals surface area contributed by atoms with Gasteiger partial charge in [0.25, 0.3) is 0 Å². The van der Waals surface area contributed by atoms with Crippen molar-refractivity contribution in [1.29, 1.82) is 0 Å². The zero-order chi connectivity index (χ0) is 10.6. The summed E-state index contributed by atoms with van der Waals surface area (Å²) in [6, 6.07) is 4.11. The Labute approximate surface area is 88.0 Å². The van der Waals surface area contributed by atoms with Gasteiger partial charge < -0.3 is 9.88 Å². The fourth-order valence-corrected chi connectivity index (χ4v) is 1.55. The second kappa shape index (κ2) is 5.32. The predicted octanol–water partition coefficient (Wildman–Crippen LogP) is 0.882. The molecular formula is C10H18N2OS. The summed E-state index contributed by atoms with van der Waals surface area (Å²) in [5.74, 6) is 0. The van der Waals surface area contributed by atoms with Crippen molar-refractivity contribution in [3.63, 3.8) is 0 Å². The van der Waals surface area contributed by atoms with E-state index in [9.17, 15) is 4.21 Å². The molecular weight excluding hydrogens is 196 g/mol. The van der Waals surface area contributed by atoms with Crippen LogP contribution in [0.2, 0.25) is 0 Å². The summed E-state index contributed by atoms with van der Waals surface area (Å²) >= 11 is 0. The van der Waals surface area contributed by atoms with E-state index in [1.165, 1.54) is 5.69 Å². The van der Waals surface area contributed by atoms with Gasteiger partial charge in [-0.2, -0.15) is 0 Å². The Morgan fingerprint density at radius 2 is 2.36 bits per heavy atom. The highest BCUT2D eigenvalue weighted by molar-refractivity contribution is 7.84. The van der Waals surface area contributed by atoms with Crippen LogP contribution >= 0.6 is 0 Å². The van der Waals surface area contributed by atoms with Gasteiger partial charge in [-0.05, 0) is 19.1 Å². The minimum Gasteiger partial charge on any atom is -0.353 e. The molecule has 1 rings (SSSR count). The summed E-state index contributed by atoms with van der Waals surface area (Å²) in [7, 11) is 1.29. The number of aryl methyl sites for hydroxylation is 1. The lowest BCUT2D eigenvalue weighted by molar-refractivity contribution is 0.631. The number of nitrogens with one attached hydrogen (secondary N) is 1. The van der Waals surface area contributed by atoms with Gasteiger partial charge in [0.2, 0.25) is 0 Å². The Balaban J connectivity index is 2.29. The Morgan fingerprint density at radius 1 is 1.64 bits per heavy atom. The molecule has 0 saturated heterocycles. The van der Waals surface area contributed by atoms with E-state index < -0.39 is 10.8 Å². The van der Waals surface area contributed by atoms with Crippen LogP contribution < -0.4 is 5.32 Å². The first kappa shape index (κ1) is 11.5. The number of aromatic nitrogens is 1. The third-order valence-electron chi connectivity index (χ3n) is 2.36. The van der Waals surface area contributed by atoms with Crippen LogP contribution in [-0.4, -0.2) is 26.8 Å². The molecule has 1 heterocycles. The maximum absolute atomic E-state index is 11.1. The highest BCUT2D eigenvalue weighted by Crippen LogP contribution is 1.99. The average Bonchev–Trinajstić information content (AvgIpc) is 2.51. The van der Waals surface area contributed by atoms with Gasteiger partial charge in [-0.15, -0.1) is 0 Å². The molecule has 0 saturated carbocycles. The smallest absolute Gasteiger partial charge is 0.0441 e. The van der Waals surface area contributed by atoms with E-state index in [2.05, 4.69) is 16.0 Å². The number of nitrogens with zero attached hydrogens (tertiary/aromatic N) is 1. The van der Waals surface area contributed by atoms with E-state index in [4.69, 9.17) is 0 Å². The van der Waals surface area contributed by atoms with Gasteiger partial charge in [-0.1, -0.05) is 0 Å². The molecule has 14 heavy (non-hydrogen) atoms. The topological polar surface area (TPSA) is 34.0 Å². The molecule has 3 nitrogen and oxygen atoms in total. The summed E-state index contributed by atoms with van der Waals surface area (Å²) in [5.41, 5.74) is 1.25. The minimum atomic E-state index is -0.733. The second-order valence-electron chi connectivity index (χ2n) is 3.55. The van der Waals surface area contributed by atoms with E-state index in [1.807, 2.05) is 26.2 Å². The molecule has 0 aliphatic carbocycles. The lowest BCUT2D eigenvalue weighted by Gasteiger charge is -2.10. The molecule has 80 valence electrons. The van der Waals surface area contributed by atoms with Crippen molar-refractivity contribution in [2.24, 2.45) is 7.05 Å². The van der Waals surface area contributed by atoms with E-state index in [1.54, 1.807) is 6.26 Å². The first-order valence-electron chi connectivity index (χ1n) is 4.74. The lowest BCUT2D eigenvalue weighted by Crippen LogP contribution is -2.27. The van der Waals surface area contributed by atoms with Gasteiger partial charge in [0.15, 0.2) is 0 Å². The van der Waals surface area contributed by atoms with Gasteiger partial charge in [0.05, 0.1) is 0 Å².